The molecule has 10 heteroatoms. The molecular formula is C72H92O6S4. The van der Waals surface area contributed by atoms with E-state index < -0.39 is 11.2 Å². The molecule has 0 bridgehead atoms. The second-order valence-electron chi connectivity index (χ2n) is 22.3. The highest BCUT2D eigenvalue weighted by molar-refractivity contribution is 7.33. The summed E-state index contributed by atoms with van der Waals surface area (Å²) in [5.41, 5.74) is 1.90. The third-order valence-electron chi connectivity index (χ3n) is 15.9. The Kier molecular flexibility index (Phi) is 25.8. The van der Waals surface area contributed by atoms with E-state index in [0.29, 0.717) is 26.4 Å². The van der Waals surface area contributed by atoms with Gasteiger partial charge in [-0.25, -0.2) is 0 Å². The van der Waals surface area contributed by atoms with E-state index in [0.717, 1.165) is 102 Å². The van der Waals surface area contributed by atoms with Gasteiger partial charge in [0, 0.05) is 30.3 Å². The first-order valence-corrected chi connectivity index (χ1v) is 34.8. The number of hydrogen-bond acceptors (Lipinski definition) is 10. The minimum atomic E-state index is -1.46. The Morgan fingerprint density at radius 1 is 0.317 bits per heavy atom. The summed E-state index contributed by atoms with van der Waals surface area (Å²) < 4.78 is 27.3. The Morgan fingerprint density at radius 3 is 0.817 bits per heavy atom. The maximum Gasteiger partial charge on any atom is 0.142 e. The summed E-state index contributed by atoms with van der Waals surface area (Å²) in [6.07, 6.45) is 29.1. The lowest BCUT2D eigenvalue weighted by atomic mass is 9.80. The first-order valence-electron chi connectivity index (χ1n) is 31.4. The SMILES string of the molecule is CCCCCCCCOc1ccc(C(O)(c2ccc(OCCCCCCCC)cc2)c2ccsc2-c2cc3sc(-c4sccc4C(O)(c4ccc(OCCCCCCCC)cc4)c4ccc(OCCCCCCCC)cc4)cc3s2)cc1. The lowest BCUT2D eigenvalue weighted by Crippen LogP contribution is -2.29. The van der Waals surface area contributed by atoms with Crippen LogP contribution in [0.2, 0.25) is 0 Å². The molecule has 0 aliphatic heterocycles. The highest BCUT2D eigenvalue weighted by Gasteiger charge is 2.39. The van der Waals surface area contributed by atoms with E-state index in [9.17, 15) is 10.2 Å². The molecule has 4 aromatic carbocycles. The molecule has 0 aliphatic rings. The van der Waals surface area contributed by atoms with Gasteiger partial charge in [0.25, 0.3) is 0 Å². The van der Waals surface area contributed by atoms with Crippen LogP contribution < -0.4 is 18.9 Å². The van der Waals surface area contributed by atoms with Crippen molar-refractivity contribution in [3.05, 3.63) is 165 Å². The third-order valence-corrected chi connectivity index (χ3v) is 20.4. The van der Waals surface area contributed by atoms with Crippen molar-refractivity contribution in [1.82, 2.24) is 0 Å². The molecule has 0 saturated carbocycles. The topological polar surface area (TPSA) is 77.4 Å². The fourth-order valence-electron chi connectivity index (χ4n) is 11.0. The van der Waals surface area contributed by atoms with Crippen molar-refractivity contribution in [3.63, 3.8) is 0 Å². The van der Waals surface area contributed by atoms with Crippen molar-refractivity contribution in [2.45, 2.75) is 193 Å². The van der Waals surface area contributed by atoms with Gasteiger partial charge in [-0.1, -0.05) is 205 Å². The minimum Gasteiger partial charge on any atom is -0.494 e. The summed E-state index contributed by atoms with van der Waals surface area (Å²) in [4.78, 5) is 4.28. The second kappa shape index (κ2) is 33.5. The first-order chi connectivity index (χ1) is 40.3. The lowest BCUT2D eigenvalue weighted by molar-refractivity contribution is 0.126. The number of thiophene rings is 4. The number of unbranched alkanes of at least 4 members (excludes halogenated alkanes) is 20. The van der Waals surface area contributed by atoms with E-state index in [1.54, 1.807) is 45.3 Å². The fraction of sp³-hybridized carbons (Fsp3) is 0.472. The van der Waals surface area contributed by atoms with Gasteiger partial charge in [0.15, 0.2) is 0 Å². The summed E-state index contributed by atoms with van der Waals surface area (Å²) in [7, 11) is 0. The molecule has 0 amide bonds. The molecule has 0 unspecified atom stereocenters. The number of hydrogen-bond donors (Lipinski definition) is 2. The number of aliphatic hydroxyl groups is 2. The van der Waals surface area contributed by atoms with E-state index >= 15 is 0 Å². The Balaban J connectivity index is 1.05. The molecule has 2 N–H and O–H groups in total. The van der Waals surface area contributed by atoms with Crippen molar-refractivity contribution >= 4 is 54.7 Å². The van der Waals surface area contributed by atoms with Gasteiger partial charge in [-0.3, -0.25) is 0 Å². The number of ether oxygens (including phenoxy) is 4. The van der Waals surface area contributed by atoms with Crippen molar-refractivity contribution in [1.29, 1.82) is 0 Å². The summed E-state index contributed by atoms with van der Waals surface area (Å²) >= 11 is 6.83. The summed E-state index contributed by atoms with van der Waals surface area (Å²) in [5.74, 6) is 3.25. The molecule has 0 saturated heterocycles. The predicted molar refractivity (Wildman–Crippen MR) is 352 cm³/mol. The Hall–Kier alpha value is -4.94. The normalized spacial score (nSPS) is 11.9. The second-order valence-corrected chi connectivity index (χ2v) is 26.3. The van der Waals surface area contributed by atoms with Crippen LogP contribution in [0.3, 0.4) is 0 Å². The molecule has 8 aromatic rings. The largest absolute Gasteiger partial charge is 0.494 e. The van der Waals surface area contributed by atoms with Gasteiger partial charge in [-0.05, 0) is 131 Å². The fourth-order valence-corrected chi connectivity index (χ4v) is 15.6. The molecule has 4 aromatic heterocycles. The predicted octanol–water partition coefficient (Wildman–Crippen LogP) is 21.9. The zero-order valence-electron chi connectivity index (χ0n) is 49.7. The van der Waals surface area contributed by atoms with Crippen molar-refractivity contribution < 1.29 is 29.2 Å². The zero-order valence-corrected chi connectivity index (χ0v) is 52.9. The highest BCUT2D eigenvalue weighted by Crippen LogP contribution is 2.52. The zero-order chi connectivity index (χ0) is 57.2. The smallest absolute Gasteiger partial charge is 0.142 e. The number of fused-ring (bicyclic) bond motifs is 1. The van der Waals surface area contributed by atoms with Crippen LogP contribution in [0.5, 0.6) is 23.0 Å². The average molecular weight is 1180 g/mol. The summed E-state index contributed by atoms with van der Waals surface area (Å²) in [5, 5.41) is 31.1. The Bertz CT molecular complexity index is 2660. The standard InChI is InChI=1S/C72H92O6S4/c1-5-9-13-17-21-25-47-75-59-37-29-55(30-38-59)71(73,56-31-39-60(40-32-56)76-48-26-22-18-14-10-6-2)63-45-51-79-69(63)67-53-65-66(81-67)54-68(82-65)70-64(46-52-80-70)72(74,57-33-41-61(42-34-57)77-49-27-23-19-15-11-7-3)58-35-43-62(44-36-58)78-50-28-24-20-16-12-8-4/h29-46,51-54,73-74H,5-28,47-50H2,1-4H3. The maximum absolute atomic E-state index is 13.5. The van der Waals surface area contributed by atoms with E-state index in [2.05, 4.69) is 62.7 Å². The lowest BCUT2D eigenvalue weighted by Gasteiger charge is -2.30. The van der Waals surface area contributed by atoms with E-state index in [4.69, 9.17) is 18.9 Å². The van der Waals surface area contributed by atoms with Gasteiger partial charge in [0.05, 0.1) is 36.2 Å². The quantitative estimate of drug-likeness (QED) is 0.0373. The van der Waals surface area contributed by atoms with Crippen LogP contribution in [0, 0.1) is 0 Å². The average Bonchev–Trinajstić information content (AvgIpc) is 3.55. The molecular weight excluding hydrogens is 1090 g/mol. The van der Waals surface area contributed by atoms with Crippen LogP contribution >= 0.6 is 45.3 Å². The number of benzene rings is 4. The van der Waals surface area contributed by atoms with E-state index in [-0.39, 0.29) is 0 Å². The van der Waals surface area contributed by atoms with Gasteiger partial charge in [0.2, 0.25) is 0 Å². The van der Waals surface area contributed by atoms with Gasteiger partial charge in [-0.15, -0.1) is 45.3 Å². The molecule has 6 nitrogen and oxygen atoms in total. The van der Waals surface area contributed by atoms with Crippen LogP contribution in [0.25, 0.3) is 28.9 Å². The third kappa shape index (κ3) is 17.1. The monoisotopic (exact) mass is 1180 g/mol. The molecule has 8 rings (SSSR count). The summed E-state index contributed by atoms with van der Waals surface area (Å²) in [6.45, 7) is 11.7. The van der Waals surface area contributed by atoms with Crippen LogP contribution in [0.4, 0.5) is 0 Å². The first kappa shape index (κ1) is 63.1. The molecule has 0 fully saturated rings. The maximum atomic E-state index is 13.5. The van der Waals surface area contributed by atoms with E-state index in [1.807, 2.05) is 97.1 Å². The van der Waals surface area contributed by atoms with Gasteiger partial charge >= 0.3 is 0 Å². The Labute approximate surface area is 507 Å². The molecule has 0 radical (unpaired) electrons. The molecule has 0 spiro atoms. The van der Waals surface area contributed by atoms with E-state index in [1.165, 1.54) is 138 Å². The van der Waals surface area contributed by atoms with Crippen molar-refractivity contribution in [2.24, 2.45) is 0 Å². The highest BCUT2D eigenvalue weighted by atomic mass is 32.1. The van der Waals surface area contributed by atoms with Crippen LogP contribution in [-0.2, 0) is 11.2 Å². The molecule has 0 atom stereocenters. The van der Waals surface area contributed by atoms with Gasteiger partial charge < -0.3 is 29.2 Å². The molecule has 440 valence electrons. The van der Waals surface area contributed by atoms with Crippen LogP contribution in [0.1, 0.15) is 215 Å². The van der Waals surface area contributed by atoms with Crippen molar-refractivity contribution in [2.75, 3.05) is 26.4 Å². The molecule has 0 aliphatic carbocycles. The van der Waals surface area contributed by atoms with Crippen molar-refractivity contribution in [3.8, 4) is 42.5 Å². The van der Waals surface area contributed by atoms with Gasteiger partial charge in [0.1, 0.15) is 34.2 Å². The molecule has 4 heterocycles. The van der Waals surface area contributed by atoms with Crippen LogP contribution in [-0.4, -0.2) is 36.6 Å². The minimum absolute atomic E-state index is 0.683. The molecule has 82 heavy (non-hydrogen) atoms. The van der Waals surface area contributed by atoms with Crippen LogP contribution in [0.15, 0.2) is 132 Å². The summed E-state index contributed by atoms with van der Waals surface area (Å²) in [6, 6.07) is 41.0. The Morgan fingerprint density at radius 2 is 0.561 bits per heavy atom. The number of rotatable bonds is 40. The van der Waals surface area contributed by atoms with Gasteiger partial charge in [-0.2, -0.15) is 0 Å².